The van der Waals surface area contributed by atoms with E-state index in [9.17, 15) is 9.90 Å². The largest absolute Gasteiger partial charge is 0.480 e. The highest BCUT2D eigenvalue weighted by molar-refractivity contribution is 5.79. The van der Waals surface area contributed by atoms with Crippen molar-refractivity contribution in [2.24, 2.45) is 0 Å². The zero-order valence-corrected chi connectivity index (χ0v) is 14.7. The molecule has 0 heterocycles. The van der Waals surface area contributed by atoms with Crippen LogP contribution in [0.3, 0.4) is 0 Å². The van der Waals surface area contributed by atoms with Crippen molar-refractivity contribution < 1.29 is 19.4 Å². The normalized spacial score (nSPS) is 12.7. The number of aliphatic hydroxyl groups excluding tert-OH is 1. The summed E-state index contributed by atoms with van der Waals surface area (Å²) in [4.78, 5) is 12.1. The molecule has 6 nitrogen and oxygen atoms in total. The highest BCUT2D eigenvalue weighted by atomic mass is 16.5. The molecule has 2 aromatic carbocycles. The van der Waals surface area contributed by atoms with Crippen molar-refractivity contribution in [1.29, 1.82) is 5.41 Å². The lowest BCUT2D eigenvalue weighted by atomic mass is 10.0. The number of ether oxygens (including phenoxy) is 2. The Bertz CT molecular complexity index is 691. The van der Waals surface area contributed by atoms with Gasteiger partial charge in [-0.15, -0.1) is 0 Å². The van der Waals surface area contributed by atoms with Gasteiger partial charge in [0.05, 0.1) is 12.6 Å². The van der Waals surface area contributed by atoms with E-state index in [0.29, 0.717) is 6.42 Å². The van der Waals surface area contributed by atoms with Gasteiger partial charge in [-0.05, 0) is 24.5 Å². The third-order valence-electron chi connectivity index (χ3n) is 3.76. The van der Waals surface area contributed by atoms with Crippen molar-refractivity contribution in [3.63, 3.8) is 0 Å². The number of benzene rings is 2. The highest BCUT2D eigenvalue weighted by Gasteiger charge is 2.27. The topological polar surface area (TPSA) is 91.6 Å². The van der Waals surface area contributed by atoms with Crippen LogP contribution < -0.4 is 5.32 Å². The van der Waals surface area contributed by atoms with Gasteiger partial charge < -0.3 is 19.9 Å². The highest BCUT2D eigenvalue weighted by Crippen LogP contribution is 2.09. The van der Waals surface area contributed by atoms with Gasteiger partial charge in [-0.25, -0.2) is 4.79 Å². The first-order chi connectivity index (χ1) is 12.6. The molecule has 2 atom stereocenters. The number of amides is 1. The smallest absolute Gasteiger partial charge is 0.407 e. The fraction of sp³-hybridized carbons (Fsp3) is 0.300. The van der Waals surface area contributed by atoms with E-state index >= 15 is 0 Å². The van der Waals surface area contributed by atoms with Gasteiger partial charge in [-0.1, -0.05) is 60.7 Å². The van der Waals surface area contributed by atoms with Gasteiger partial charge in [-0.2, -0.15) is 0 Å². The summed E-state index contributed by atoms with van der Waals surface area (Å²) in [5.41, 5.74) is 1.79. The Balaban J connectivity index is 2.00. The molecule has 2 aromatic rings. The molecule has 0 spiro atoms. The predicted molar refractivity (Wildman–Crippen MR) is 99.1 cm³/mol. The summed E-state index contributed by atoms with van der Waals surface area (Å²) in [5.74, 6) is -0.281. The lowest BCUT2D eigenvalue weighted by Gasteiger charge is -2.24. The molecule has 6 heteroatoms. The van der Waals surface area contributed by atoms with E-state index in [1.165, 1.54) is 0 Å². The van der Waals surface area contributed by atoms with Crippen LogP contribution in [-0.4, -0.2) is 35.9 Å². The number of nitrogens with one attached hydrogen (secondary N) is 2. The SMILES string of the molecule is CCOC(=N)C(O)C(Cc1ccccc1)NC(=O)OCc1ccccc1. The summed E-state index contributed by atoms with van der Waals surface area (Å²) in [6.45, 7) is 2.13. The van der Waals surface area contributed by atoms with Crippen LogP contribution in [0.4, 0.5) is 4.79 Å². The second-order valence-corrected chi connectivity index (χ2v) is 5.74. The van der Waals surface area contributed by atoms with Gasteiger partial charge >= 0.3 is 6.09 Å². The zero-order chi connectivity index (χ0) is 18.8. The third kappa shape index (κ3) is 6.22. The Kier molecular flexibility index (Phi) is 7.64. The first-order valence-corrected chi connectivity index (χ1v) is 8.50. The molecule has 0 fully saturated rings. The van der Waals surface area contributed by atoms with Gasteiger partial charge in [0.25, 0.3) is 0 Å². The molecule has 2 unspecified atom stereocenters. The fourth-order valence-corrected chi connectivity index (χ4v) is 2.45. The lowest BCUT2D eigenvalue weighted by molar-refractivity contribution is 0.113. The summed E-state index contributed by atoms with van der Waals surface area (Å²) in [5, 5.41) is 20.8. The molecule has 0 aromatic heterocycles. The second kappa shape index (κ2) is 10.2. The molecule has 0 saturated carbocycles. The van der Waals surface area contributed by atoms with Crippen molar-refractivity contribution >= 4 is 12.0 Å². The van der Waals surface area contributed by atoms with E-state index in [4.69, 9.17) is 14.9 Å². The quantitative estimate of drug-likeness (QED) is 0.501. The first kappa shape index (κ1) is 19.5. The van der Waals surface area contributed by atoms with Crippen LogP contribution in [-0.2, 0) is 22.5 Å². The molecule has 0 aliphatic carbocycles. The van der Waals surface area contributed by atoms with Crippen LogP contribution in [0, 0.1) is 5.41 Å². The number of hydrogen-bond acceptors (Lipinski definition) is 5. The number of hydrogen-bond donors (Lipinski definition) is 3. The third-order valence-corrected chi connectivity index (χ3v) is 3.76. The van der Waals surface area contributed by atoms with Crippen LogP contribution in [0.1, 0.15) is 18.1 Å². The summed E-state index contributed by atoms with van der Waals surface area (Å²) in [6, 6.07) is 18.0. The standard InChI is InChI=1S/C20H24N2O4/c1-2-25-19(21)18(23)17(13-15-9-5-3-6-10-15)22-20(24)26-14-16-11-7-4-8-12-16/h3-12,17-18,21,23H,2,13-14H2,1H3,(H,22,24). The molecule has 2 rings (SSSR count). The van der Waals surface area contributed by atoms with E-state index < -0.39 is 18.2 Å². The van der Waals surface area contributed by atoms with Crippen molar-refractivity contribution in [2.45, 2.75) is 32.1 Å². The molecule has 0 bridgehead atoms. The lowest BCUT2D eigenvalue weighted by Crippen LogP contribution is -2.48. The van der Waals surface area contributed by atoms with Gasteiger partial charge in [-0.3, -0.25) is 5.41 Å². The Morgan fingerprint density at radius 2 is 1.62 bits per heavy atom. The summed E-state index contributed by atoms with van der Waals surface area (Å²) >= 11 is 0. The van der Waals surface area contributed by atoms with Crippen LogP contribution in [0.2, 0.25) is 0 Å². The number of rotatable bonds is 8. The van der Waals surface area contributed by atoms with Crippen molar-refractivity contribution in [2.75, 3.05) is 6.61 Å². The predicted octanol–water partition coefficient (Wildman–Crippen LogP) is 2.90. The molecule has 1 amide bonds. The monoisotopic (exact) mass is 356 g/mol. The van der Waals surface area contributed by atoms with Crippen LogP contribution in [0.5, 0.6) is 0 Å². The van der Waals surface area contributed by atoms with E-state index in [0.717, 1.165) is 11.1 Å². The van der Waals surface area contributed by atoms with E-state index in [1.807, 2.05) is 60.7 Å². The number of carbonyl (C=O) groups is 1. The maximum Gasteiger partial charge on any atom is 0.407 e. The maximum atomic E-state index is 12.1. The molecular weight excluding hydrogens is 332 g/mol. The van der Waals surface area contributed by atoms with Crippen molar-refractivity contribution in [3.05, 3.63) is 71.8 Å². The Morgan fingerprint density at radius 3 is 2.19 bits per heavy atom. The minimum absolute atomic E-state index is 0.129. The van der Waals surface area contributed by atoms with Crippen molar-refractivity contribution in [1.82, 2.24) is 5.32 Å². The van der Waals surface area contributed by atoms with Crippen molar-refractivity contribution in [3.8, 4) is 0 Å². The number of carbonyl (C=O) groups excluding carboxylic acids is 1. The summed E-state index contributed by atoms with van der Waals surface area (Å²) in [6.07, 6.45) is -1.57. The number of alkyl carbamates (subject to hydrolysis) is 1. The Hall–Kier alpha value is -2.86. The zero-order valence-electron chi connectivity index (χ0n) is 14.7. The molecule has 3 N–H and O–H groups in total. The Morgan fingerprint density at radius 1 is 1.04 bits per heavy atom. The second-order valence-electron chi connectivity index (χ2n) is 5.74. The minimum atomic E-state index is -1.26. The maximum absolute atomic E-state index is 12.1. The van der Waals surface area contributed by atoms with Crippen LogP contribution in [0.25, 0.3) is 0 Å². The first-order valence-electron chi connectivity index (χ1n) is 8.50. The van der Waals surface area contributed by atoms with Gasteiger partial charge in [0.2, 0.25) is 5.90 Å². The molecule has 26 heavy (non-hydrogen) atoms. The van der Waals surface area contributed by atoms with Gasteiger partial charge in [0, 0.05) is 0 Å². The summed E-state index contributed by atoms with van der Waals surface area (Å²) in [7, 11) is 0. The fourth-order valence-electron chi connectivity index (χ4n) is 2.45. The molecule has 0 saturated heterocycles. The average molecular weight is 356 g/mol. The van der Waals surface area contributed by atoms with E-state index in [1.54, 1.807) is 6.92 Å². The number of aliphatic hydroxyl groups is 1. The Labute approximate surface area is 153 Å². The molecule has 0 radical (unpaired) electrons. The molecule has 0 aliphatic heterocycles. The van der Waals surface area contributed by atoms with Gasteiger partial charge in [0.1, 0.15) is 12.7 Å². The van der Waals surface area contributed by atoms with Gasteiger partial charge in [0.15, 0.2) is 0 Å². The van der Waals surface area contributed by atoms with E-state index in [2.05, 4.69) is 5.32 Å². The average Bonchev–Trinajstić information content (AvgIpc) is 2.67. The molecular formula is C20H24N2O4. The van der Waals surface area contributed by atoms with Crippen LogP contribution in [0.15, 0.2) is 60.7 Å². The minimum Gasteiger partial charge on any atom is -0.480 e. The summed E-state index contributed by atoms with van der Waals surface area (Å²) < 4.78 is 10.3. The molecule has 138 valence electrons. The van der Waals surface area contributed by atoms with Crippen LogP contribution >= 0.6 is 0 Å². The van der Waals surface area contributed by atoms with E-state index in [-0.39, 0.29) is 19.1 Å². The molecule has 0 aliphatic rings.